The van der Waals surface area contributed by atoms with Crippen LogP contribution in [0.15, 0.2) is 18.2 Å². The van der Waals surface area contributed by atoms with Crippen molar-refractivity contribution in [2.24, 2.45) is 0 Å². The Hall–Kier alpha value is -1.14. The molecule has 1 saturated heterocycles. The Bertz CT molecular complexity index is 498. The van der Waals surface area contributed by atoms with Gasteiger partial charge in [0.05, 0.1) is 6.54 Å². The number of carbonyl (C=O) groups excluding carboxylic acids is 1. The molecule has 0 bridgehead atoms. The van der Waals surface area contributed by atoms with E-state index in [0.29, 0.717) is 5.56 Å². The van der Waals surface area contributed by atoms with Gasteiger partial charge in [0.15, 0.2) is 11.6 Å². The second-order valence-electron chi connectivity index (χ2n) is 4.77. The summed E-state index contributed by atoms with van der Waals surface area (Å²) in [5, 5.41) is 3.05. The second kappa shape index (κ2) is 6.54. The van der Waals surface area contributed by atoms with Gasteiger partial charge < -0.3 is 4.90 Å². The second-order valence-corrected chi connectivity index (χ2v) is 6.09. The van der Waals surface area contributed by atoms with E-state index in [1.54, 1.807) is 16.7 Å². The highest BCUT2D eigenvalue weighted by molar-refractivity contribution is 7.99. The lowest BCUT2D eigenvalue weighted by Crippen LogP contribution is -2.39. The van der Waals surface area contributed by atoms with Gasteiger partial charge in [-0.05, 0) is 30.4 Å². The molecule has 1 heterocycles. The van der Waals surface area contributed by atoms with Crippen LogP contribution in [0.5, 0.6) is 0 Å². The molecule has 1 amide bonds. The van der Waals surface area contributed by atoms with Crippen LogP contribution < -0.4 is 5.32 Å². The van der Waals surface area contributed by atoms with Crippen LogP contribution in [0, 0.1) is 11.6 Å². The summed E-state index contributed by atoms with van der Waals surface area (Å²) in [6, 6.07) is 3.80. The Kier molecular flexibility index (Phi) is 4.99. The van der Waals surface area contributed by atoms with E-state index >= 15 is 0 Å². The number of amides is 1. The summed E-state index contributed by atoms with van der Waals surface area (Å²) < 4.78 is 26.4. The molecule has 20 heavy (non-hydrogen) atoms. The first kappa shape index (κ1) is 15.3. The molecule has 0 aliphatic carbocycles. The smallest absolute Gasteiger partial charge is 0.238 e. The van der Waals surface area contributed by atoms with E-state index in [2.05, 4.69) is 12.2 Å². The van der Waals surface area contributed by atoms with Gasteiger partial charge in [-0.1, -0.05) is 13.0 Å². The summed E-state index contributed by atoms with van der Waals surface area (Å²) in [5.74, 6) is 0.0297. The molecule has 0 radical (unpaired) electrons. The number of hydrogen-bond acceptors (Lipinski definition) is 3. The van der Waals surface area contributed by atoms with Crippen LogP contribution in [-0.2, 0) is 4.79 Å². The fourth-order valence-electron chi connectivity index (χ4n) is 2.35. The van der Waals surface area contributed by atoms with Crippen LogP contribution in [0.25, 0.3) is 0 Å². The van der Waals surface area contributed by atoms with Crippen molar-refractivity contribution >= 4 is 17.7 Å². The lowest BCUT2D eigenvalue weighted by Gasteiger charge is -2.30. The Morgan fingerprint density at radius 1 is 1.45 bits per heavy atom. The number of rotatable bonds is 5. The molecular formula is C14H18F2N2OS. The van der Waals surface area contributed by atoms with Crippen LogP contribution in [0.2, 0.25) is 0 Å². The van der Waals surface area contributed by atoms with Crippen LogP contribution in [-0.4, -0.2) is 34.9 Å². The maximum absolute atomic E-state index is 13.4. The van der Waals surface area contributed by atoms with Gasteiger partial charge in [0.25, 0.3) is 0 Å². The molecule has 0 aromatic heterocycles. The molecule has 2 atom stereocenters. The van der Waals surface area contributed by atoms with Gasteiger partial charge in [0.2, 0.25) is 5.91 Å². The molecule has 1 N–H and O–H groups in total. The minimum atomic E-state index is -0.890. The van der Waals surface area contributed by atoms with E-state index in [1.807, 2.05) is 6.92 Å². The van der Waals surface area contributed by atoms with E-state index in [1.165, 1.54) is 6.07 Å². The molecule has 1 aromatic carbocycles. The first-order valence-electron chi connectivity index (χ1n) is 6.61. The van der Waals surface area contributed by atoms with Gasteiger partial charge in [-0.25, -0.2) is 8.78 Å². The number of benzene rings is 1. The van der Waals surface area contributed by atoms with Crippen LogP contribution in [0.1, 0.15) is 25.6 Å². The molecular weight excluding hydrogens is 282 g/mol. The molecule has 0 spiro atoms. The predicted octanol–water partition coefficient (Wildman–Crippen LogP) is 2.54. The molecule has 3 nitrogen and oxygen atoms in total. The van der Waals surface area contributed by atoms with Crippen molar-refractivity contribution in [1.82, 2.24) is 10.2 Å². The van der Waals surface area contributed by atoms with E-state index in [-0.39, 0.29) is 24.7 Å². The highest BCUT2D eigenvalue weighted by atomic mass is 32.2. The van der Waals surface area contributed by atoms with Crippen molar-refractivity contribution in [2.75, 3.05) is 18.1 Å². The lowest BCUT2D eigenvalue weighted by molar-refractivity contribution is -0.129. The first-order valence-corrected chi connectivity index (χ1v) is 7.77. The normalized spacial score (nSPS) is 20.5. The lowest BCUT2D eigenvalue weighted by atomic mass is 10.1. The molecule has 1 aromatic rings. The van der Waals surface area contributed by atoms with Crippen molar-refractivity contribution in [1.29, 1.82) is 0 Å². The summed E-state index contributed by atoms with van der Waals surface area (Å²) in [7, 11) is 0. The number of carbonyl (C=O) groups is 1. The third-order valence-corrected chi connectivity index (χ3v) is 4.44. The third-order valence-electron chi connectivity index (χ3n) is 3.31. The van der Waals surface area contributed by atoms with E-state index in [4.69, 9.17) is 0 Å². The molecule has 2 rings (SSSR count). The SMILES string of the molecule is CCSCC(C)N1C(=O)CNC1c1ccc(F)c(F)c1. The number of halogens is 2. The Morgan fingerprint density at radius 2 is 2.20 bits per heavy atom. The van der Waals surface area contributed by atoms with Gasteiger partial charge in [0, 0.05) is 11.8 Å². The van der Waals surface area contributed by atoms with Gasteiger partial charge in [-0.3, -0.25) is 10.1 Å². The molecule has 110 valence electrons. The van der Waals surface area contributed by atoms with Crippen molar-refractivity contribution < 1.29 is 13.6 Å². The average Bonchev–Trinajstić information content (AvgIpc) is 2.81. The van der Waals surface area contributed by atoms with Gasteiger partial charge in [-0.2, -0.15) is 11.8 Å². The number of thioether (sulfide) groups is 1. The third kappa shape index (κ3) is 3.12. The van der Waals surface area contributed by atoms with Gasteiger partial charge >= 0.3 is 0 Å². The molecule has 2 unspecified atom stereocenters. The topological polar surface area (TPSA) is 32.3 Å². The highest BCUT2D eigenvalue weighted by Crippen LogP contribution is 2.27. The Balaban J connectivity index is 2.20. The van der Waals surface area contributed by atoms with Crippen molar-refractivity contribution in [3.05, 3.63) is 35.4 Å². The van der Waals surface area contributed by atoms with E-state index < -0.39 is 11.6 Å². The van der Waals surface area contributed by atoms with Crippen LogP contribution in [0.4, 0.5) is 8.78 Å². The fraction of sp³-hybridized carbons (Fsp3) is 0.500. The minimum absolute atomic E-state index is 0.0102. The average molecular weight is 300 g/mol. The highest BCUT2D eigenvalue weighted by Gasteiger charge is 2.35. The minimum Gasteiger partial charge on any atom is -0.318 e. The molecule has 0 saturated carbocycles. The first-order chi connectivity index (χ1) is 9.54. The standard InChI is InChI=1S/C14H18F2N2OS/c1-3-20-8-9(2)18-13(19)7-17-14(18)10-4-5-11(15)12(16)6-10/h4-6,9,14,17H,3,7-8H2,1-2H3. The molecule has 6 heteroatoms. The Morgan fingerprint density at radius 3 is 2.85 bits per heavy atom. The zero-order valence-corrected chi connectivity index (χ0v) is 12.3. The maximum Gasteiger partial charge on any atom is 0.238 e. The predicted molar refractivity (Wildman–Crippen MR) is 76.4 cm³/mol. The van der Waals surface area contributed by atoms with Crippen molar-refractivity contribution in [3.63, 3.8) is 0 Å². The van der Waals surface area contributed by atoms with E-state index in [9.17, 15) is 13.6 Å². The summed E-state index contributed by atoms with van der Waals surface area (Å²) in [4.78, 5) is 13.7. The van der Waals surface area contributed by atoms with Crippen molar-refractivity contribution in [2.45, 2.75) is 26.1 Å². The Labute approximate surface area is 121 Å². The van der Waals surface area contributed by atoms with Crippen LogP contribution in [0.3, 0.4) is 0 Å². The van der Waals surface area contributed by atoms with Gasteiger partial charge in [0.1, 0.15) is 6.17 Å². The number of nitrogens with zero attached hydrogens (tertiary/aromatic N) is 1. The van der Waals surface area contributed by atoms with Crippen molar-refractivity contribution in [3.8, 4) is 0 Å². The summed E-state index contributed by atoms with van der Waals surface area (Å²) in [5.41, 5.74) is 0.572. The fourth-order valence-corrected chi connectivity index (χ4v) is 3.08. The quantitative estimate of drug-likeness (QED) is 0.907. The maximum atomic E-state index is 13.4. The summed E-state index contributed by atoms with van der Waals surface area (Å²) in [6.07, 6.45) is -0.384. The zero-order chi connectivity index (χ0) is 14.7. The molecule has 1 aliphatic heterocycles. The van der Waals surface area contributed by atoms with Crippen LogP contribution >= 0.6 is 11.8 Å². The zero-order valence-electron chi connectivity index (χ0n) is 11.5. The summed E-state index contributed by atoms with van der Waals surface area (Å²) >= 11 is 1.75. The van der Waals surface area contributed by atoms with Gasteiger partial charge in [-0.15, -0.1) is 0 Å². The largest absolute Gasteiger partial charge is 0.318 e. The summed E-state index contributed by atoms with van der Waals surface area (Å²) in [6.45, 7) is 4.26. The molecule has 1 aliphatic rings. The number of nitrogens with one attached hydrogen (secondary N) is 1. The molecule has 1 fully saturated rings. The monoisotopic (exact) mass is 300 g/mol. The van der Waals surface area contributed by atoms with E-state index in [0.717, 1.165) is 23.6 Å². The number of hydrogen-bond donors (Lipinski definition) is 1.